The Balaban J connectivity index is 0.000000531. The first kappa shape index (κ1) is 11.8. The van der Waals surface area contributed by atoms with E-state index >= 15 is 0 Å². The molecule has 0 amide bonds. The highest BCUT2D eigenvalue weighted by Crippen LogP contribution is 2.29. The second-order valence-electron chi connectivity index (χ2n) is 3.47. The minimum absolute atomic E-state index is 0.0117. The lowest BCUT2D eigenvalue weighted by molar-refractivity contribution is 0.0730. The Labute approximate surface area is 91.3 Å². The van der Waals surface area contributed by atoms with Gasteiger partial charge in [0.15, 0.2) is 5.78 Å². The summed E-state index contributed by atoms with van der Waals surface area (Å²) >= 11 is 0. The summed E-state index contributed by atoms with van der Waals surface area (Å²) in [5.74, 6) is 0.877. The maximum absolute atomic E-state index is 11.7. The van der Waals surface area contributed by atoms with Gasteiger partial charge in [0.1, 0.15) is 11.9 Å². The van der Waals surface area contributed by atoms with Gasteiger partial charge in [-0.2, -0.15) is 0 Å². The zero-order valence-corrected chi connectivity index (χ0v) is 9.78. The number of fused-ring (bicyclic) bond motifs is 1. The van der Waals surface area contributed by atoms with E-state index in [2.05, 4.69) is 0 Å². The fourth-order valence-corrected chi connectivity index (χ4v) is 1.53. The van der Waals surface area contributed by atoms with E-state index in [1.807, 2.05) is 52.0 Å². The number of ether oxygens (including phenoxy) is 1. The number of carbonyl (C=O) groups is 1. The van der Waals surface area contributed by atoms with Crippen LogP contribution in [0.15, 0.2) is 24.3 Å². The van der Waals surface area contributed by atoms with Gasteiger partial charge in [-0.3, -0.25) is 4.79 Å². The third kappa shape index (κ3) is 2.20. The molecule has 0 saturated carbocycles. The molecule has 1 aliphatic heterocycles. The second-order valence-corrected chi connectivity index (χ2v) is 3.47. The Morgan fingerprint density at radius 1 is 1.13 bits per heavy atom. The summed E-state index contributed by atoms with van der Waals surface area (Å²) < 4.78 is 5.59. The molecule has 82 valence electrons. The lowest BCUT2D eigenvalue weighted by Gasteiger charge is -2.27. The van der Waals surface area contributed by atoms with Crippen molar-refractivity contribution in [3.05, 3.63) is 29.8 Å². The number of hydrogen-bond donors (Lipinski definition) is 0. The van der Waals surface area contributed by atoms with E-state index in [1.54, 1.807) is 0 Å². The zero-order valence-electron chi connectivity index (χ0n) is 9.78. The number of hydrogen-bond acceptors (Lipinski definition) is 2. The maximum Gasteiger partial charge on any atom is 0.173 e. The van der Waals surface area contributed by atoms with Crippen LogP contribution in [0, 0.1) is 5.92 Å². The molecule has 2 rings (SSSR count). The van der Waals surface area contributed by atoms with E-state index in [1.165, 1.54) is 0 Å². The van der Waals surface area contributed by atoms with Gasteiger partial charge < -0.3 is 4.74 Å². The van der Waals surface area contributed by atoms with Gasteiger partial charge in [-0.1, -0.05) is 32.9 Å². The highest BCUT2D eigenvalue weighted by molar-refractivity contribution is 6.01. The molecule has 0 N–H and O–H groups in total. The molecule has 1 aromatic rings. The van der Waals surface area contributed by atoms with Crippen molar-refractivity contribution in [3.8, 4) is 5.75 Å². The average molecular weight is 206 g/mol. The molecular formula is C13H18O2. The third-order valence-corrected chi connectivity index (χ3v) is 2.58. The van der Waals surface area contributed by atoms with Gasteiger partial charge in [-0.05, 0) is 19.1 Å². The van der Waals surface area contributed by atoms with Crippen LogP contribution in [0.3, 0.4) is 0 Å². The number of para-hydroxylation sites is 1. The first-order valence-electron chi connectivity index (χ1n) is 5.50. The molecule has 0 radical (unpaired) electrons. The van der Waals surface area contributed by atoms with Crippen LogP contribution in [0.4, 0.5) is 0 Å². The first-order valence-corrected chi connectivity index (χ1v) is 5.50. The molecule has 2 atom stereocenters. The maximum atomic E-state index is 11.7. The molecular weight excluding hydrogens is 188 g/mol. The van der Waals surface area contributed by atoms with Crippen LogP contribution in [0.25, 0.3) is 0 Å². The van der Waals surface area contributed by atoms with Gasteiger partial charge in [0, 0.05) is 0 Å². The van der Waals surface area contributed by atoms with Crippen molar-refractivity contribution < 1.29 is 9.53 Å². The lowest BCUT2D eigenvalue weighted by atomic mass is 9.92. The van der Waals surface area contributed by atoms with E-state index in [-0.39, 0.29) is 17.8 Å². The first-order chi connectivity index (χ1) is 7.20. The van der Waals surface area contributed by atoms with Gasteiger partial charge in [0.05, 0.1) is 11.5 Å². The Morgan fingerprint density at radius 3 is 2.40 bits per heavy atom. The molecule has 1 aromatic carbocycles. The Bertz CT molecular complexity index is 344. The van der Waals surface area contributed by atoms with Crippen molar-refractivity contribution in [1.29, 1.82) is 0 Å². The summed E-state index contributed by atoms with van der Waals surface area (Å²) in [5.41, 5.74) is 0.716. The van der Waals surface area contributed by atoms with E-state index in [0.29, 0.717) is 5.56 Å². The SMILES string of the molecule is CC.CC1Oc2ccccc2C(=O)C1C. The largest absolute Gasteiger partial charge is 0.489 e. The van der Waals surface area contributed by atoms with E-state index < -0.39 is 0 Å². The average Bonchev–Trinajstić information content (AvgIpc) is 2.29. The highest BCUT2D eigenvalue weighted by Gasteiger charge is 2.30. The van der Waals surface area contributed by atoms with Gasteiger partial charge in [-0.25, -0.2) is 0 Å². The molecule has 2 unspecified atom stereocenters. The summed E-state index contributed by atoms with van der Waals surface area (Å²) in [7, 11) is 0. The number of Topliss-reactive ketones (excluding diaryl/α,β-unsaturated/α-hetero) is 1. The molecule has 0 saturated heterocycles. The van der Waals surface area contributed by atoms with Crippen LogP contribution in [0.1, 0.15) is 38.1 Å². The highest BCUT2D eigenvalue weighted by atomic mass is 16.5. The molecule has 0 aromatic heterocycles. The fraction of sp³-hybridized carbons (Fsp3) is 0.462. The second kappa shape index (κ2) is 4.96. The Hall–Kier alpha value is -1.31. The minimum atomic E-state index is -0.0325. The van der Waals surface area contributed by atoms with Crippen LogP contribution in [-0.4, -0.2) is 11.9 Å². The van der Waals surface area contributed by atoms with E-state index in [0.717, 1.165) is 5.75 Å². The van der Waals surface area contributed by atoms with Crippen molar-refractivity contribution >= 4 is 5.78 Å². The molecule has 0 fully saturated rings. The van der Waals surface area contributed by atoms with Crippen molar-refractivity contribution in [1.82, 2.24) is 0 Å². The van der Waals surface area contributed by atoms with Crippen LogP contribution in [0.2, 0.25) is 0 Å². The van der Waals surface area contributed by atoms with Gasteiger partial charge in [-0.15, -0.1) is 0 Å². The fourth-order valence-electron chi connectivity index (χ4n) is 1.53. The molecule has 15 heavy (non-hydrogen) atoms. The zero-order chi connectivity index (χ0) is 11.4. The summed E-state index contributed by atoms with van der Waals surface area (Å²) in [6.45, 7) is 7.83. The van der Waals surface area contributed by atoms with Crippen LogP contribution in [-0.2, 0) is 0 Å². The molecule has 0 spiro atoms. The van der Waals surface area contributed by atoms with Crippen molar-refractivity contribution in [2.24, 2.45) is 5.92 Å². The topological polar surface area (TPSA) is 26.3 Å². The molecule has 2 nitrogen and oxygen atoms in total. The summed E-state index contributed by atoms with van der Waals surface area (Å²) in [4.78, 5) is 11.7. The number of benzene rings is 1. The van der Waals surface area contributed by atoms with Gasteiger partial charge in [0.25, 0.3) is 0 Å². The van der Waals surface area contributed by atoms with Gasteiger partial charge in [0.2, 0.25) is 0 Å². The third-order valence-electron chi connectivity index (χ3n) is 2.58. The van der Waals surface area contributed by atoms with E-state index in [4.69, 9.17) is 4.74 Å². The number of carbonyl (C=O) groups excluding carboxylic acids is 1. The Kier molecular flexibility index (Phi) is 3.89. The van der Waals surface area contributed by atoms with Crippen LogP contribution < -0.4 is 4.74 Å². The molecule has 0 bridgehead atoms. The van der Waals surface area contributed by atoms with Crippen molar-refractivity contribution in [2.45, 2.75) is 33.8 Å². The van der Waals surface area contributed by atoms with Crippen LogP contribution >= 0.6 is 0 Å². The van der Waals surface area contributed by atoms with E-state index in [9.17, 15) is 4.79 Å². The standard InChI is InChI=1S/C11H12O2.C2H6/c1-7-8(2)13-10-6-4-3-5-9(10)11(7)12;1-2/h3-8H,1-2H3;1-2H3. The van der Waals surface area contributed by atoms with Crippen LogP contribution in [0.5, 0.6) is 5.75 Å². The molecule has 0 aliphatic carbocycles. The molecule has 1 aliphatic rings. The summed E-state index contributed by atoms with van der Waals surface area (Å²) in [6, 6.07) is 7.41. The summed E-state index contributed by atoms with van der Waals surface area (Å²) in [6.07, 6.45) is -0.0117. The van der Waals surface area contributed by atoms with Gasteiger partial charge >= 0.3 is 0 Å². The molecule has 1 heterocycles. The summed E-state index contributed by atoms with van der Waals surface area (Å²) in [5, 5.41) is 0. The lowest BCUT2D eigenvalue weighted by Crippen LogP contribution is -2.33. The van der Waals surface area contributed by atoms with Crippen molar-refractivity contribution in [3.63, 3.8) is 0 Å². The minimum Gasteiger partial charge on any atom is -0.489 e. The van der Waals surface area contributed by atoms with Crippen molar-refractivity contribution in [2.75, 3.05) is 0 Å². The Morgan fingerprint density at radius 2 is 1.73 bits per heavy atom. The monoisotopic (exact) mass is 206 g/mol. The predicted molar refractivity (Wildman–Crippen MR) is 61.4 cm³/mol. The predicted octanol–water partition coefficient (Wildman–Crippen LogP) is 3.31. The normalized spacial score (nSPS) is 23.3. The number of rotatable bonds is 0. The number of ketones is 1. The quantitative estimate of drug-likeness (QED) is 0.651. The molecule has 2 heteroatoms. The smallest absolute Gasteiger partial charge is 0.173 e.